The summed E-state index contributed by atoms with van der Waals surface area (Å²) in [6.45, 7) is 0. The Morgan fingerprint density at radius 1 is 1.33 bits per heavy atom. The van der Waals surface area contributed by atoms with Crippen molar-refractivity contribution in [2.24, 2.45) is 0 Å². The average Bonchev–Trinajstić information content (AvgIpc) is 2.39. The molecule has 0 radical (unpaired) electrons. The standard InChI is InChI=1S/C14H13NO3/c1-18-11-5-6-12(14(17)9-11)13(16)8-10-4-2-3-7-15-10/h2-7,9,17H,8H2,1H3. The number of pyridine rings is 1. The molecule has 0 spiro atoms. The summed E-state index contributed by atoms with van der Waals surface area (Å²) < 4.78 is 4.96. The number of methoxy groups -OCH3 is 1. The van der Waals surface area contributed by atoms with Crippen molar-refractivity contribution < 1.29 is 14.6 Å². The molecule has 1 N–H and O–H groups in total. The highest BCUT2D eigenvalue weighted by atomic mass is 16.5. The molecule has 1 aromatic heterocycles. The SMILES string of the molecule is COc1ccc(C(=O)Cc2ccccn2)c(O)c1. The van der Waals surface area contributed by atoms with Crippen molar-refractivity contribution in [2.75, 3.05) is 7.11 Å². The monoisotopic (exact) mass is 243 g/mol. The summed E-state index contributed by atoms with van der Waals surface area (Å²) in [4.78, 5) is 16.1. The highest BCUT2D eigenvalue weighted by molar-refractivity contribution is 5.99. The van der Waals surface area contributed by atoms with Crippen molar-refractivity contribution in [1.82, 2.24) is 4.98 Å². The molecular weight excluding hydrogens is 230 g/mol. The van der Waals surface area contributed by atoms with Crippen molar-refractivity contribution in [3.05, 3.63) is 53.9 Å². The quantitative estimate of drug-likeness (QED) is 0.836. The second-order valence-electron chi connectivity index (χ2n) is 3.80. The number of benzene rings is 1. The number of aromatic nitrogens is 1. The van der Waals surface area contributed by atoms with Crippen LogP contribution in [-0.2, 0) is 6.42 Å². The molecule has 0 aliphatic carbocycles. The van der Waals surface area contributed by atoms with Crippen LogP contribution < -0.4 is 4.74 Å². The Hall–Kier alpha value is -2.36. The minimum absolute atomic E-state index is 0.0738. The highest BCUT2D eigenvalue weighted by Gasteiger charge is 2.13. The van der Waals surface area contributed by atoms with Gasteiger partial charge in [0.2, 0.25) is 0 Å². The summed E-state index contributed by atoms with van der Waals surface area (Å²) in [6, 6.07) is 10.0. The number of hydrogen-bond donors (Lipinski definition) is 1. The molecule has 92 valence electrons. The van der Waals surface area contributed by atoms with E-state index in [1.54, 1.807) is 30.5 Å². The third kappa shape index (κ3) is 2.66. The van der Waals surface area contributed by atoms with E-state index in [2.05, 4.69) is 4.98 Å². The van der Waals surface area contributed by atoms with Gasteiger partial charge in [-0.15, -0.1) is 0 Å². The molecular formula is C14H13NO3. The minimum atomic E-state index is -0.172. The van der Waals surface area contributed by atoms with Crippen LogP contribution in [0.2, 0.25) is 0 Å². The number of Topliss-reactive ketones (excluding diaryl/α,β-unsaturated/α-hetero) is 1. The van der Waals surface area contributed by atoms with Crippen LogP contribution in [0.4, 0.5) is 0 Å². The molecule has 1 heterocycles. The van der Waals surface area contributed by atoms with Gasteiger partial charge in [0, 0.05) is 18.0 Å². The normalized spacial score (nSPS) is 10.1. The fourth-order valence-corrected chi connectivity index (χ4v) is 1.64. The van der Waals surface area contributed by atoms with Gasteiger partial charge in [-0.3, -0.25) is 9.78 Å². The lowest BCUT2D eigenvalue weighted by Crippen LogP contribution is -2.05. The summed E-state index contributed by atoms with van der Waals surface area (Å²) >= 11 is 0. The van der Waals surface area contributed by atoms with E-state index >= 15 is 0 Å². The smallest absolute Gasteiger partial charge is 0.172 e. The van der Waals surface area contributed by atoms with E-state index in [0.29, 0.717) is 11.4 Å². The summed E-state index contributed by atoms with van der Waals surface area (Å²) in [7, 11) is 1.50. The average molecular weight is 243 g/mol. The first kappa shape index (κ1) is 12.1. The van der Waals surface area contributed by atoms with E-state index in [-0.39, 0.29) is 23.5 Å². The predicted octanol–water partition coefficient (Wildman–Crippen LogP) is 2.22. The highest BCUT2D eigenvalue weighted by Crippen LogP contribution is 2.24. The number of ketones is 1. The van der Waals surface area contributed by atoms with Gasteiger partial charge in [0.25, 0.3) is 0 Å². The van der Waals surface area contributed by atoms with Crippen molar-refractivity contribution in [1.29, 1.82) is 0 Å². The Balaban J connectivity index is 2.19. The molecule has 0 fully saturated rings. The second kappa shape index (κ2) is 5.31. The van der Waals surface area contributed by atoms with Gasteiger partial charge in [0.05, 0.1) is 19.1 Å². The van der Waals surface area contributed by atoms with Crippen LogP contribution in [0.3, 0.4) is 0 Å². The molecule has 4 heteroatoms. The van der Waals surface area contributed by atoms with Crippen LogP contribution in [0.1, 0.15) is 16.1 Å². The first-order chi connectivity index (χ1) is 8.70. The van der Waals surface area contributed by atoms with Gasteiger partial charge >= 0.3 is 0 Å². The summed E-state index contributed by atoms with van der Waals surface area (Å²) in [6.07, 6.45) is 1.80. The van der Waals surface area contributed by atoms with Crippen molar-refractivity contribution >= 4 is 5.78 Å². The first-order valence-corrected chi connectivity index (χ1v) is 5.51. The van der Waals surface area contributed by atoms with Gasteiger partial charge in [-0.2, -0.15) is 0 Å². The van der Waals surface area contributed by atoms with Crippen LogP contribution in [0.25, 0.3) is 0 Å². The number of carbonyl (C=O) groups is 1. The lowest BCUT2D eigenvalue weighted by atomic mass is 10.0. The van der Waals surface area contributed by atoms with E-state index in [4.69, 9.17) is 4.74 Å². The van der Waals surface area contributed by atoms with Gasteiger partial charge < -0.3 is 9.84 Å². The number of phenols is 1. The molecule has 4 nitrogen and oxygen atoms in total. The molecule has 18 heavy (non-hydrogen) atoms. The van der Waals surface area contributed by atoms with Crippen LogP contribution in [0, 0.1) is 0 Å². The molecule has 0 aliphatic rings. The number of rotatable bonds is 4. The Kier molecular flexibility index (Phi) is 3.57. The van der Waals surface area contributed by atoms with E-state index in [9.17, 15) is 9.90 Å². The Labute approximate surface area is 105 Å². The third-order valence-corrected chi connectivity index (χ3v) is 2.57. The van der Waals surface area contributed by atoms with Gasteiger partial charge in [-0.05, 0) is 24.3 Å². The first-order valence-electron chi connectivity index (χ1n) is 5.51. The summed E-state index contributed by atoms with van der Waals surface area (Å²) in [5.41, 5.74) is 0.958. The molecule has 2 rings (SSSR count). The van der Waals surface area contributed by atoms with E-state index < -0.39 is 0 Å². The molecule has 0 aliphatic heterocycles. The van der Waals surface area contributed by atoms with E-state index in [1.807, 2.05) is 6.07 Å². The molecule has 0 unspecified atom stereocenters. The van der Waals surface area contributed by atoms with Crippen LogP contribution in [-0.4, -0.2) is 23.0 Å². The molecule has 0 saturated heterocycles. The Morgan fingerprint density at radius 2 is 2.17 bits per heavy atom. The fourth-order valence-electron chi connectivity index (χ4n) is 1.64. The topological polar surface area (TPSA) is 59.4 Å². The number of hydrogen-bond acceptors (Lipinski definition) is 4. The van der Waals surface area contributed by atoms with E-state index in [1.165, 1.54) is 13.2 Å². The zero-order chi connectivity index (χ0) is 13.0. The number of aromatic hydroxyl groups is 1. The summed E-state index contributed by atoms with van der Waals surface area (Å²) in [5.74, 6) is 0.269. The fraction of sp³-hybridized carbons (Fsp3) is 0.143. The largest absolute Gasteiger partial charge is 0.507 e. The van der Waals surface area contributed by atoms with Crippen LogP contribution >= 0.6 is 0 Å². The lowest BCUT2D eigenvalue weighted by molar-refractivity contribution is 0.0989. The van der Waals surface area contributed by atoms with Crippen LogP contribution in [0.5, 0.6) is 11.5 Å². The molecule has 0 saturated carbocycles. The minimum Gasteiger partial charge on any atom is -0.507 e. The third-order valence-electron chi connectivity index (χ3n) is 2.57. The predicted molar refractivity (Wildman–Crippen MR) is 66.9 cm³/mol. The van der Waals surface area contributed by atoms with E-state index in [0.717, 1.165) is 0 Å². The maximum atomic E-state index is 12.0. The number of nitrogens with zero attached hydrogens (tertiary/aromatic N) is 1. The zero-order valence-corrected chi connectivity index (χ0v) is 9.96. The van der Waals surface area contributed by atoms with Gasteiger partial charge in [-0.25, -0.2) is 0 Å². The molecule has 0 atom stereocenters. The Morgan fingerprint density at radius 3 is 2.78 bits per heavy atom. The van der Waals surface area contributed by atoms with Crippen molar-refractivity contribution in [3.63, 3.8) is 0 Å². The Bertz CT molecular complexity index is 552. The van der Waals surface area contributed by atoms with Crippen molar-refractivity contribution in [3.8, 4) is 11.5 Å². The maximum Gasteiger partial charge on any atom is 0.172 e. The van der Waals surface area contributed by atoms with Gasteiger partial charge in [0.15, 0.2) is 5.78 Å². The number of phenolic OH excluding ortho intramolecular Hbond substituents is 1. The molecule has 2 aromatic rings. The molecule has 0 bridgehead atoms. The lowest BCUT2D eigenvalue weighted by Gasteiger charge is -2.05. The maximum absolute atomic E-state index is 12.0. The number of carbonyl (C=O) groups excluding carboxylic acids is 1. The number of ether oxygens (including phenoxy) is 1. The van der Waals surface area contributed by atoms with Gasteiger partial charge in [-0.1, -0.05) is 6.07 Å². The zero-order valence-electron chi connectivity index (χ0n) is 9.96. The van der Waals surface area contributed by atoms with Crippen LogP contribution in [0.15, 0.2) is 42.6 Å². The summed E-state index contributed by atoms with van der Waals surface area (Å²) in [5, 5.41) is 9.75. The van der Waals surface area contributed by atoms with Gasteiger partial charge in [0.1, 0.15) is 11.5 Å². The second-order valence-corrected chi connectivity index (χ2v) is 3.80. The van der Waals surface area contributed by atoms with Crippen molar-refractivity contribution in [2.45, 2.75) is 6.42 Å². The molecule has 0 amide bonds. The molecule has 1 aromatic carbocycles.